The lowest BCUT2D eigenvalue weighted by Gasteiger charge is -2.06. The Hall–Kier alpha value is -0.530. The molecule has 1 heterocycles. The predicted molar refractivity (Wildman–Crippen MR) is 77.0 cm³/mol. The number of carboxylic acids is 1. The molecule has 8 nitrogen and oxygen atoms in total. The summed E-state index contributed by atoms with van der Waals surface area (Å²) in [6, 6.07) is 1.03. The summed E-state index contributed by atoms with van der Waals surface area (Å²) in [5.41, 5.74) is 0. The largest absolute Gasteiger partial charge is 0.477 e. The Morgan fingerprint density at radius 1 is 1.30 bits per heavy atom. The van der Waals surface area contributed by atoms with Crippen LogP contribution in [0.1, 0.15) is 9.67 Å². The maximum Gasteiger partial charge on any atom is 0.345 e. The van der Waals surface area contributed by atoms with Gasteiger partial charge in [-0.15, -0.1) is 11.3 Å². The number of halogens is 1. The molecule has 1 aromatic rings. The van der Waals surface area contributed by atoms with Crippen LogP contribution in [0.2, 0.25) is 0 Å². The number of aromatic carboxylic acids is 1. The summed E-state index contributed by atoms with van der Waals surface area (Å²) in [7, 11) is -7.30. The third-order valence-corrected chi connectivity index (χ3v) is 6.37. The molecule has 0 amide bonds. The Morgan fingerprint density at radius 2 is 1.85 bits per heavy atom. The molecule has 1 rings (SSSR count). The Morgan fingerprint density at radius 3 is 2.30 bits per heavy atom. The van der Waals surface area contributed by atoms with Crippen LogP contribution < -0.4 is 9.44 Å². The van der Waals surface area contributed by atoms with Crippen LogP contribution >= 0.6 is 27.3 Å². The van der Waals surface area contributed by atoms with E-state index in [9.17, 15) is 21.6 Å². The molecule has 0 saturated carbocycles. The van der Waals surface area contributed by atoms with Gasteiger partial charge in [0, 0.05) is 13.1 Å². The summed E-state index contributed by atoms with van der Waals surface area (Å²) in [4.78, 5) is 10.4. The van der Waals surface area contributed by atoms with Gasteiger partial charge in [0.15, 0.2) is 0 Å². The van der Waals surface area contributed by atoms with E-state index in [1.807, 2.05) is 0 Å². The Labute approximate surface area is 128 Å². The van der Waals surface area contributed by atoms with Crippen LogP contribution in [0.3, 0.4) is 0 Å². The Balaban J connectivity index is 2.77. The van der Waals surface area contributed by atoms with Crippen molar-refractivity contribution in [3.05, 3.63) is 14.7 Å². The maximum absolute atomic E-state index is 11.9. The van der Waals surface area contributed by atoms with Crippen molar-refractivity contribution in [1.82, 2.24) is 9.44 Å². The lowest BCUT2D eigenvalue weighted by atomic mass is 10.5. The van der Waals surface area contributed by atoms with Crippen molar-refractivity contribution < 1.29 is 26.7 Å². The summed E-state index contributed by atoms with van der Waals surface area (Å²) < 4.78 is 49.9. The normalized spacial score (nSPS) is 12.5. The summed E-state index contributed by atoms with van der Waals surface area (Å²) in [5.74, 6) is -1.23. The van der Waals surface area contributed by atoms with Gasteiger partial charge in [-0.3, -0.25) is 0 Å². The Bertz CT molecular complexity index is 709. The van der Waals surface area contributed by atoms with Crippen LogP contribution in [-0.4, -0.2) is 47.3 Å². The van der Waals surface area contributed by atoms with Crippen LogP contribution in [-0.2, 0) is 20.0 Å². The van der Waals surface area contributed by atoms with Gasteiger partial charge in [0.25, 0.3) is 0 Å². The van der Waals surface area contributed by atoms with Crippen molar-refractivity contribution in [3.8, 4) is 0 Å². The summed E-state index contributed by atoms with van der Waals surface area (Å²) in [6.45, 7) is -0.258. The Kier molecular flexibility index (Phi) is 5.69. The number of hydrogen-bond acceptors (Lipinski definition) is 6. The second kappa shape index (κ2) is 6.49. The molecule has 0 bridgehead atoms. The van der Waals surface area contributed by atoms with Crippen molar-refractivity contribution in [3.63, 3.8) is 0 Å². The molecular formula is C8H11BrN2O6S3. The SMILES string of the molecule is CS(=O)(=O)NCCNS(=O)(=O)c1cc(C(=O)O)sc1Br. The van der Waals surface area contributed by atoms with E-state index in [0.717, 1.165) is 23.7 Å². The lowest BCUT2D eigenvalue weighted by molar-refractivity contribution is 0.0702. The van der Waals surface area contributed by atoms with Gasteiger partial charge in [0.2, 0.25) is 20.0 Å². The molecule has 3 N–H and O–H groups in total. The van der Waals surface area contributed by atoms with Crippen LogP contribution in [0.4, 0.5) is 0 Å². The lowest BCUT2D eigenvalue weighted by Crippen LogP contribution is -2.34. The van der Waals surface area contributed by atoms with E-state index in [2.05, 4.69) is 25.4 Å². The number of rotatable bonds is 7. The number of thiophene rings is 1. The van der Waals surface area contributed by atoms with E-state index < -0.39 is 26.0 Å². The third-order valence-electron chi connectivity index (χ3n) is 1.94. The average Bonchev–Trinajstić information content (AvgIpc) is 2.66. The molecule has 1 aromatic heterocycles. The highest BCUT2D eigenvalue weighted by molar-refractivity contribution is 9.11. The summed E-state index contributed by atoms with van der Waals surface area (Å²) in [6.07, 6.45) is 0.954. The molecule has 0 aliphatic carbocycles. The van der Waals surface area contributed by atoms with Crippen molar-refractivity contribution in [2.75, 3.05) is 19.3 Å². The molecule has 0 radical (unpaired) electrons. The topological polar surface area (TPSA) is 130 Å². The fourth-order valence-electron chi connectivity index (χ4n) is 1.14. The first kappa shape index (κ1) is 17.5. The molecule has 0 spiro atoms. The first-order chi connectivity index (χ1) is 9.03. The molecule has 0 unspecified atom stereocenters. The quantitative estimate of drug-likeness (QED) is 0.547. The van der Waals surface area contributed by atoms with Crippen molar-refractivity contribution in [2.24, 2.45) is 0 Å². The zero-order chi connectivity index (χ0) is 15.6. The zero-order valence-corrected chi connectivity index (χ0v) is 14.1. The van der Waals surface area contributed by atoms with Crippen molar-refractivity contribution in [1.29, 1.82) is 0 Å². The van der Waals surface area contributed by atoms with Gasteiger partial charge in [0.1, 0.15) is 9.77 Å². The summed E-state index contributed by atoms with van der Waals surface area (Å²) >= 11 is 3.77. The smallest absolute Gasteiger partial charge is 0.345 e. The minimum atomic E-state index is -3.91. The standard InChI is InChI=1S/C8H11BrN2O6S3/c1-19(14,15)10-2-3-11-20(16,17)6-4-5(8(12)13)18-7(6)9/h4,10-11H,2-3H2,1H3,(H,12,13). The number of hydrogen-bond donors (Lipinski definition) is 3. The second-order valence-electron chi connectivity index (χ2n) is 3.62. The first-order valence-electron chi connectivity index (χ1n) is 5.00. The zero-order valence-electron chi connectivity index (χ0n) is 10.1. The van der Waals surface area contributed by atoms with E-state index >= 15 is 0 Å². The fraction of sp³-hybridized carbons (Fsp3) is 0.375. The van der Waals surface area contributed by atoms with E-state index in [-0.39, 0.29) is 26.6 Å². The van der Waals surface area contributed by atoms with Gasteiger partial charge in [-0.25, -0.2) is 31.1 Å². The minimum absolute atomic E-state index is 0.106. The molecule has 12 heteroatoms. The highest BCUT2D eigenvalue weighted by Gasteiger charge is 2.22. The average molecular weight is 407 g/mol. The molecule has 0 atom stereocenters. The molecule has 0 aliphatic heterocycles. The van der Waals surface area contributed by atoms with Crippen LogP contribution in [0, 0.1) is 0 Å². The molecule has 20 heavy (non-hydrogen) atoms. The molecule has 114 valence electrons. The van der Waals surface area contributed by atoms with E-state index in [0.29, 0.717) is 0 Å². The molecule has 0 aliphatic rings. The maximum atomic E-state index is 11.9. The van der Waals surface area contributed by atoms with Crippen LogP contribution in [0.15, 0.2) is 14.7 Å². The third kappa shape index (κ3) is 5.10. The van der Waals surface area contributed by atoms with Crippen molar-refractivity contribution >= 4 is 53.3 Å². The van der Waals surface area contributed by atoms with E-state index in [1.165, 1.54) is 0 Å². The highest BCUT2D eigenvalue weighted by Crippen LogP contribution is 2.31. The van der Waals surface area contributed by atoms with Gasteiger partial charge in [-0.1, -0.05) is 0 Å². The first-order valence-corrected chi connectivity index (χ1v) is 9.98. The van der Waals surface area contributed by atoms with E-state index in [4.69, 9.17) is 5.11 Å². The number of carbonyl (C=O) groups is 1. The molecular weight excluding hydrogens is 396 g/mol. The van der Waals surface area contributed by atoms with Crippen LogP contribution in [0.5, 0.6) is 0 Å². The van der Waals surface area contributed by atoms with Gasteiger partial charge in [0.05, 0.1) is 10.0 Å². The van der Waals surface area contributed by atoms with Crippen LogP contribution in [0.25, 0.3) is 0 Å². The van der Waals surface area contributed by atoms with Gasteiger partial charge < -0.3 is 5.11 Å². The number of carboxylic acid groups (broad SMARTS) is 1. The minimum Gasteiger partial charge on any atom is -0.477 e. The van der Waals surface area contributed by atoms with Gasteiger partial charge in [-0.05, 0) is 22.0 Å². The van der Waals surface area contributed by atoms with E-state index in [1.54, 1.807) is 0 Å². The fourth-order valence-corrected chi connectivity index (χ4v) is 5.05. The van der Waals surface area contributed by atoms with Gasteiger partial charge in [-0.2, -0.15) is 0 Å². The highest BCUT2D eigenvalue weighted by atomic mass is 79.9. The molecule has 0 aromatic carbocycles. The number of sulfonamides is 2. The molecule has 0 saturated heterocycles. The predicted octanol–water partition coefficient (Wildman–Crippen LogP) is 0.0363. The van der Waals surface area contributed by atoms with Crippen molar-refractivity contribution in [2.45, 2.75) is 4.90 Å². The molecule has 0 fully saturated rings. The summed E-state index contributed by atoms with van der Waals surface area (Å²) in [5, 5.41) is 8.79. The van der Waals surface area contributed by atoms with Gasteiger partial charge >= 0.3 is 5.97 Å². The second-order valence-corrected chi connectivity index (χ2v) is 9.56. The number of nitrogens with one attached hydrogen (secondary N) is 2. The monoisotopic (exact) mass is 406 g/mol.